The van der Waals surface area contributed by atoms with Gasteiger partial charge in [0.15, 0.2) is 0 Å². The molecule has 1 amide bonds. The van der Waals surface area contributed by atoms with Crippen LogP contribution in [0.25, 0.3) is 22.0 Å². The van der Waals surface area contributed by atoms with Crippen LogP contribution in [0.3, 0.4) is 0 Å². The summed E-state index contributed by atoms with van der Waals surface area (Å²) in [6.07, 6.45) is -0.367. The maximum absolute atomic E-state index is 14.9. The molecule has 3 heterocycles. The highest BCUT2D eigenvalue weighted by Gasteiger charge is 2.33. The van der Waals surface area contributed by atoms with Crippen molar-refractivity contribution in [1.82, 2.24) is 14.5 Å². The van der Waals surface area contributed by atoms with E-state index in [1.165, 1.54) is 23.9 Å². The normalized spacial score (nSPS) is 17.9. The molecule has 37 heavy (non-hydrogen) atoms. The minimum atomic E-state index is -0.669. The van der Waals surface area contributed by atoms with E-state index in [1.807, 2.05) is 38.7 Å². The van der Waals surface area contributed by atoms with Crippen molar-refractivity contribution in [2.24, 2.45) is 0 Å². The van der Waals surface area contributed by atoms with Crippen LogP contribution in [0, 0.1) is 11.6 Å². The Bertz CT molecular complexity index is 1470. The van der Waals surface area contributed by atoms with E-state index in [0.717, 1.165) is 16.3 Å². The lowest BCUT2D eigenvalue weighted by atomic mass is 10.0. The van der Waals surface area contributed by atoms with Gasteiger partial charge in [-0.2, -0.15) is 4.98 Å². The molecule has 0 saturated carbocycles. The molecule has 2 aliphatic heterocycles. The number of nitrogens with zero attached hydrogens (tertiary/aromatic N) is 4. The van der Waals surface area contributed by atoms with E-state index in [2.05, 4.69) is 20.9 Å². The van der Waals surface area contributed by atoms with Crippen LogP contribution < -0.4 is 10.6 Å². The van der Waals surface area contributed by atoms with Crippen LogP contribution in [0.15, 0.2) is 38.4 Å². The van der Waals surface area contributed by atoms with Gasteiger partial charge in [0, 0.05) is 69.9 Å². The van der Waals surface area contributed by atoms with Crippen LogP contribution in [-0.2, 0) is 11.3 Å². The van der Waals surface area contributed by atoms with Crippen molar-refractivity contribution in [1.29, 1.82) is 0 Å². The second-order valence-electron chi connectivity index (χ2n) is 10.3. The van der Waals surface area contributed by atoms with Crippen molar-refractivity contribution in [3.8, 4) is 11.1 Å². The Morgan fingerprint density at radius 2 is 1.95 bits per heavy atom. The fourth-order valence-electron chi connectivity index (χ4n) is 4.88. The maximum atomic E-state index is 14.9. The minimum absolute atomic E-state index is 0.126. The quantitative estimate of drug-likeness (QED) is 0.383. The van der Waals surface area contributed by atoms with Crippen LogP contribution in [0.1, 0.15) is 27.7 Å². The molecule has 0 spiro atoms. The molecule has 1 fully saturated rings. The van der Waals surface area contributed by atoms with Gasteiger partial charge in [-0.15, -0.1) is 11.8 Å². The zero-order valence-corrected chi connectivity index (χ0v) is 23.4. The lowest BCUT2D eigenvalue weighted by Crippen LogP contribution is -2.55. The average molecular weight is 593 g/mol. The molecule has 1 aromatic heterocycles. The molecule has 1 atom stereocenters. The number of carbonyl (C=O) groups excluding carboxylic acids is 1. The van der Waals surface area contributed by atoms with Crippen molar-refractivity contribution in [2.45, 2.75) is 50.8 Å². The molecule has 0 bridgehead atoms. The summed E-state index contributed by atoms with van der Waals surface area (Å²) in [5.41, 5.74) is 0.572. The van der Waals surface area contributed by atoms with E-state index >= 15 is 0 Å². The molecule has 0 aliphatic carbocycles. The van der Waals surface area contributed by atoms with E-state index in [9.17, 15) is 18.4 Å². The first-order valence-corrected chi connectivity index (χ1v) is 13.8. The van der Waals surface area contributed by atoms with Gasteiger partial charge < -0.3 is 14.5 Å². The van der Waals surface area contributed by atoms with Gasteiger partial charge in [0.05, 0.1) is 5.52 Å². The van der Waals surface area contributed by atoms with Gasteiger partial charge in [0.25, 0.3) is 0 Å². The SMILES string of the molecule is CC1CN(C(=O)OC(C)(C)C)CCN1c1nc(=O)n2c3c(c(-c4ccc(F)cc4F)c(Br)cc13)SCC2. The molecule has 7 nitrogen and oxygen atoms in total. The van der Waals surface area contributed by atoms with Crippen molar-refractivity contribution in [2.75, 3.05) is 30.3 Å². The average Bonchev–Trinajstić information content (AvgIpc) is 2.81. The predicted octanol–water partition coefficient (Wildman–Crippen LogP) is 5.66. The van der Waals surface area contributed by atoms with Crippen molar-refractivity contribution in [3.63, 3.8) is 0 Å². The number of halogens is 3. The van der Waals surface area contributed by atoms with Crippen LogP contribution >= 0.6 is 27.7 Å². The van der Waals surface area contributed by atoms with Crippen molar-refractivity contribution in [3.05, 3.63) is 50.9 Å². The molecule has 1 saturated heterocycles. The largest absolute Gasteiger partial charge is 0.444 e. The van der Waals surface area contributed by atoms with Gasteiger partial charge >= 0.3 is 11.8 Å². The fraction of sp³-hybridized carbons (Fsp3) is 0.423. The van der Waals surface area contributed by atoms with Gasteiger partial charge in [-0.1, -0.05) is 15.9 Å². The third-order valence-electron chi connectivity index (χ3n) is 6.46. The first-order chi connectivity index (χ1) is 17.4. The van der Waals surface area contributed by atoms with E-state index in [-0.39, 0.29) is 23.4 Å². The number of amides is 1. The lowest BCUT2D eigenvalue weighted by molar-refractivity contribution is 0.0218. The highest BCUT2D eigenvalue weighted by atomic mass is 79.9. The summed E-state index contributed by atoms with van der Waals surface area (Å²) in [7, 11) is 0. The summed E-state index contributed by atoms with van der Waals surface area (Å²) in [6, 6.07) is 5.24. The number of carbonyl (C=O) groups is 1. The zero-order valence-electron chi connectivity index (χ0n) is 21.0. The number of anilines is 1. The van der Waals surface area contributed by atoms with E-state index in [4.69, 9.17) is 4.74 Å². The Morgan fingerprint density at radius 3 is 2.62 bits per heavy atom. The van der Waals surface area contributed by atoms with Crippen molar-refractivity contribution < 1.29 is 18.3 Å². The van der Waals surface area contributed by atoms with E-state index in [1.54, 1.807) is 9.47 Å². The molecule has 196 valence electrons. The zero-order chi connectivity index (χ0) is 26.6. The van der Waals surface area contributed by atoms with Gasteiger partial charge in [-0.3, -0.25) is 4.57 Å². The molecular formula is C26H27BrF2N4O3S. The number of thioether (sulfide) groups is 1. The molecule has 2 aromatic carbocycles. The number of benzene rings is 2. The summed E-state index contributed by atoms with van der Waals surface area (Å²) in [5, 5.41) is 0.762. The predicted molar refractivity (Wildman–Crippen MR) is 144 cm³/mol. The second kappa shape index (κ2) is 9.58. The van der Waals surface area contributed by atoms with Gasteiger partial charge in [-0.25, -0.2) is 18.4 Å². The Hall–Kier alpha value is -2.66. The van der Waals surface area contributed by atoms with E-state index < -0.39 is 17.2 Å². The van der Waals surface area contributed by atoms with Gasteiger partial charge in [-0.05, 0) is 45.9 Å². The number of hydrogen-bond acceptors (Lipinski definition) is 6. The molecule has 5 rings (SSSR count). The van der Waals surface area contributed by atoms with Crippen LogP contribution in [-0.4, -0.2) is 57.6 Å². The Kier molecular flexibility index (Phi) is 6.72. The molecule has 0 N–H and O–H groups in total. The number of ether oxygens (including phenoxy) is 1. The standard InChI is InChI=1S/C26H27BrF2N4O3S/c1-14-13-31(25(35)36-26(2,3)4)7-8-32(14)23-17-12-18(27)20(16-6-5-15(28)11-19(16)29)22-21(17)33(9-10-37-22)24(34)30-23/h5-6,11-12,14H,7-10,13H2,1-4H3. The number of hydrogen-bond donors (Lipinski definition) is 0. The van der Waals surface area contributed by atoms with Gasteiger partial charge in [0.1, 0.15) is 23.1 Å². The van der Waals surface area contributed by atoms with Gasteiger partial charge in [0.2, 0.25) is 0 Å². The molecule has 11 heteroatoms. The summed E-state index contributed by atoms with van der Waals surface area (Å²) < 4.78 is 36.3. The summed E-state index contributed by atoms with van der Waals surface area (Å²) in [4.78, 5) is 34.7. The van der Waals surface area contributed by atoms with E-state index in [0.29, 0.717) is 53.3 Å². The molecule has 2 aliphatic rings. The number of piperazine rings is 1. The third kappa shape index (κ3) is 4.83. The van der Waals surface area contributed by atoms with Crippen molar-refractivity contribution >= 4 is 50.5 Å². The highest BCUT2D eigenvalue weighted by molar-refractivity contribution is 9.10. The minimum Gasteiger partial charge on any atom is -0.444 e. The van der Waals surface area contributed by atoms with Crippen LogP contribution in [0.5, 0.6) is 0 Å². The highest BCUT2D eigenvalue weighted by Crippen LogP contribution is 2.46. The summed E-state index contributed by atoms with van der Waals surface area (Å²) >= 11 is 5.16. The monoisotopic (exact) mass is 592 g/mol. The second-order valence-corrected chi connectivity index (χ2v) is 12.2. The van der Waals surface area contributed by atoms with Crippen LogP contribution in [0.4, 0.5) is 19.4 Å². The first-order valence-electron chi connectivity index (χ1n) is 12.0. The molecule has 3 aromatic rings. The Labute approximate surface area is 225 Å². The number of aryl methyl sites for hydroxylation is 1. The molecule has 1 unspecified atom stereocenters. The lowest BCUT2D eigenvalue weighted by Gasteiger charge is -2.41. The molecular weight excluding hydrogens is 566 g/mol. The summed E-state index contributed by atoms with van der Waals surface area (Å²) in [6.45, 7) is 9.28. The Balaban J connectivity index is 1.60. The third-order valence-corrected chi connectivity index (χ3v) is 8.16. The van der Waals surface area contributed by atoms with Crippen LogP contribution in [0.2, 0.25) is 0 Å². The topological polar surface area (TPSA) is 67.7 Å². The fourth-order valence-corrected chi connectivity index (χ4v) is 6.85. The first kappa shape index (κ1) is 26.0. The number of aromatic nitrogens is 2. The smallest absolute Gasteiger partial charge is 0.410 e. The molecule has 0 radical (unpaired) electrons. The number of rotatable bonds is 2. The Morgan fingerprint density at radius 1 is 1.19 bits per heavy atom. The maximum Gasteiger partial charge on any atom is 0.410 e. The summed E-state index contributed by atoms with van der Waals surface area (Å²) in [5.74, 6) is -0.164.